The molecule has 42 heavy (non-hydrogen) atoms. The number of carbonyl (C=O) groups is 3. The van der Waals surface area contributed by atoms with Crippen molar-refractivity contribution in [1.82, 2.24) is 4.90 Å². The third kappa shape index (κ3) is 8.21. The maximum Gasteiger partial charge on any atom is 0.416 e. The lowest BCUT2D eigenvalue weighted by molar-refractivity contribution is -0.145. The predicted octanol–water partition coefficient (Wildman–Crippen LogP) is 6.90. The van der Waals surface area contributed by atoms with Gasteiger partial charge in [-0.2, -0.15) is 0 Å². The van der Waals surface area contributed by atoms with Crippen molar-refractivity contribution in [3.05, 3.63) is 53.6 Å². The van der Waals surface area contributed by atoms with Gasteiger partial charge in [0.1, 0.15) is 11.5 Å². The number of methoxy groups -OCH3 is 1. The summed E-state index contributed by atoms with van der Waals surface area (Å²) in [6.45, 7) is 17.0. The minimum atomic E-state index is -0.615. The fourth-order valence-corrected chi connectivity index (χ4v) is 6.00. The van der Waals surface area contributed by atoms with Gasteiger partial charge < -0.3 is 19.1 Å². The van der Waals surface area contributed by atoms with E-state index in [1.165, 1.54) is 0 Å². The first kappa shape index (κ1) is 33.3. The van der Waals surface area contributed by atoms with Crippen LogP contribution >= 0.6 is 11.8 Å². The number of nitrogens with zero attached hydrogens (tertiary/aromatic N) is 2. The molecular weight excluding hydrogens is 552 g/mol. The highest BCUT2D eigenvalue weighted by Gasteiger charge is 2.37. The summed E-state index contributed by atoms with van der Waals surface area (Å²) >= 11 is 1.72. The second-order valence-electron chi connectivity index (χ2n) is 12.5. The highest BCUT2D eigenvalue weighted by Crippen LogP contribution is 2.37. The lowest BCUT2D eigenvalue weighted by Gasteiger charge is -2.32. The molecule has 9 heteroatoms. The zero-order valence-corrected chi connectivity index (χ0v) is 27.3. The van der Waals surface area contributed by atoms with Crippen LogP contribution in [0.4, 0.5) is 10.5 Å². The van der Waals surface area contributed by atoms with E-state index in [1.54, 1.807) is 53.8 Å². The van der Waals surface area contributed by atoms with Crippen LogP contribution in [-0.2, 0) is 20.7 Å². The third-order valence-corrected chi connectivity index (χ3v) is 8.42. The highest BCUT2D eigenvalue weighted by atomic mass is 32.2. The average Bonchev–Trinajstić information content (AvgIpc) is 3.29. The molecule has 0 radical (unpaired) electrons. The Morgan fingerprint density at radius 2 is 1.74 bits per heavy atom. The van der Waals surface area contributed by atoms with E-state index in [1.807, 2.05) is 58.9 Å². The minimum Gasteiger partial charge on any atom is -0.495 e. The van der Waals surface area contributed by atoms with Crippen LogP contribution in [0.15, 0.2) is 42.5 Å². The molecule has 3 rings (SSSR count). The molecular formula is C33H46N2O6S. The van der Waals surface area contributed by atoms with Gasteiger partial charge >= 0.3 is 12.1 Å². The Labute approximate surface area is 255 Å². The van der Waals surface area contributed by atoms with E-state index in [0.717, 1.165) is 16.9 Å². The molecule has 0 aliphatic carbocycles. The fraction of sp³-hybridized carbons (Fsp3) is 0.545. The summed E-state index contributed by atoms with van der Waals surface area (Å²) in [6.07, 6.45) is -0.00452. The summed E-state index contributed by atoms with van der Waals surface area (Å²) in [5.74, 6) is 1.11. The Kier molecular flexibility index (Phi) is 11.0. The quantitative estimate of drug-likeness (QED) is 0.275. The van der Waals surface area contributed by atoms with E-state index in [0.29, 0.717) is 36.7 Å². The fourth-order valence-electron chi connectivity index (χ4n) is 4.91. The maximum atomic E-state index is 13.5. The Balaban J connectivity index is 1.91. The van der Waals surface area contributed by atoms with Crippen molar-refractivity contribution in [2.24, 2.45) is 11.3 Å². The van der Waals surface area contributed by atoms with Crippen molar-refractivity contribution in [3.63, 3.8) is 0 Å². The summed E-state index contributed by atoms with van der Waals surface area (Å²) < 4.78 is 16.8. The van der Waals surface area contributed by atoms with Crippen molar-refractivity contribution in [2.75, 3.05) is 37.5 Å². The molecule has 8 nitrogen and oxygen atoms in total. The van der Waals surface area contributed by atoms with Gasteiger partial charge in [0, 0.05) is 24.3 Å². The molecule has 0 bridgehead atoms. The van der Waals surface area contributed by atoms with Crippen LogP contribution in [0.25, 0.3) is 0 Å². The van der Waals surface area contributed by atoms with Crippen LogP contribution in [0.2, 0.25) is 0 Å². The number of thioether (sulfide) groups is 1. The molecule has 2 aromatic rings. The van der Waals surface area contributed by atoms with Crippen molar-refractivity contribution < 1.29 is 28.6 Å². The van der Waals surface area contributed by atoms with Gasteiger partial charge in [0.15, 0.2) is 0 Å². The van der Waals surface area contributed by atoms with Gasteiger partial charge in [-0.3, -0.25) is 14.5 Å². The molecule has 1 aliphatic heterocycles. The largest absolute Gasteiger partial charge is 0.495 e. The topological polar surface area (TPSA) is 85.4 Å². The first-order chi connectivity index (χ1) is 19.7. The highest BCUT2D eigenvalue weighted by molar-refractivity contribution is 8.00. The van der Waals surface area contributed by atoms with Crippen molar-refractivity contribution in [2.45, 2.75) is 72.6 Å². The standard InChI is InChI=1S/C33H46N2O6S/c1-10-40-29(36)26(19-23-11-14-25(15-12-23)41-31(38)35-17-18-42-33(35,7)8)24-13-16-28(39-9)27(20-24)34(21-22(2)3)30(37)32(4,5)6/h11-16,20,22,26H,10,17-19,21H2,1-9H3. The zero-order chi connectivity index (χ0) is 31.2. The van der Waals surface area contributed by atoms with E-state index in [-0.39, 0.29) is 35.4 Å². The molecule has 1 atom stereocenters. The van der Waals surface area contributed by atoms with Gasteiger partial charge in [-0.25, -0.2) is 4.79 Å². The number of carbonyl (C=O) groups excluding carboxylic acids is 3. The lowest BCUT2D eigenvalue weighted by Crippen LogP contribution is -2.42. The van der Waals surface area contributed by atoms with Crippen LogP contribution in [0, 0.1) is 11.3 Å². The third-order valence-electron chi connectivity index (χ3n) is 7.11. The lowest BCUT2D eigenvalue weighted by atomic mass is 9.90. The van der Waals surface area contributed by atoms with Crippen molar-refractivity contribution >= 4 is 35.4 Å². The van der Waals surface area contributed by atoms with Gasteiger partial charge in [-0.1, -0.05) is 52.8 Å². The smallest absolute Gasteiger partial charge is 0.416 e. The molecule has 230 valence electrons. The van der Waals surface area contributed by atoms with E-state index in [4.69, 9.17) is 14.2 Å². The number of esters is 1. The molecule has 1 fully saturated rings. The predicted molar refractivity (Wildman–Crippen MR) is 168 cm³/mol. The summed E-state index contributed by atoms with van der Waals surface area (Å²) in [5, 5.41) is 0. The van der Waals surface area contributed by atoms with Crippen molar-refractivity contribution in [3.8, 4) is 11.5 Å². The maximum absolute atomic E-state index is 13.5. The minimum absolute atomic E-state index is 0.0274. The Bertz CT molecular complexity index is 1250. The first-order valence-electron chi connectivity index (χ1n) is 14.6. The number of rotatable bonds is 10. The molecule has 0 aromatic heterocycles. The Hall–Kier alpha value is -3.20. The molecule has 1 heterocycles. The molecule has 2 aromatic carbocycles. The van der Waals surface area contributed by atoms with E-state index >= 15 is 0 Å². The van der Waals surface area contributed by atoms with E-state index in [9.17, 15) is 14.4 Å². The van der Waals surface area contributed by atoms with Crippen molar-refractivity contribution in [1.29, 1.82) is 0 Å². The van der Waals surface area contributed by atoms with E-state index < -0.39 is 11.3 Å². The number of benzene rings is 2. The number of hydrogen-bond donors (Lipinski definition) is 0. The normalized spacial score (nSPS) is 15.3. The monoisotopic (exact) mass is 598 g/mol. The number of ether oxygens (including phenoxy) is 3. The second-order valence-corrected chi connectivity index (χ2v) is 14.2. The summed E-state index contributed by atoms with van der Waals surface area (Å²) in [6, 6.07) is 12.7. The molecule has 1 unspecified atom stereocenters. The zero-order valence-electron chi connectivity index (χ0n) is 26.5. The van der Waals surface area contributed by atoms with Crippen LogP contribution in [-0.4, -0.2) is 60.3 Å². The van der Waals surface area contributed by atoms with Crippen LogP contribution in [0.1, 0.15) is 72.4 Å². The molecule has 0 saturated carbocycles. The SMILES string of the molecule is CCOC(=O)C(Cc1ccc(OC(=O)N2CCSC2(C)C)cc1)c1ccc(OC)c(N(CC(C)C)C(=O)C(C)(C)C)c1. The van der Waals surface area contributed by atoms with Crippen LogP contribution in [0.5, 0.6) is 11.5 Å². The van der Waals surface area contributed by atoms with E-state index in [2.05, 4.69) is 13.8 Å². The summed E-state index contributed by atoms with van der Waals surface area (Å²) in [7, 11) is 1.58. The van der Waals surface area contributed by atoms with Crippen LogP contribution in [0.3, 0.4) is 0 Å². The average molecular weight is 599 g/mol. The number of anilines is 1. The molecule has 2 amide bonds. The van der Waals surface area contributed by atoms with Crippen LogP contribution < -0.4 is 14.4 Å². The number of amides is 2. The van der Waals surface area contributed by atoms with Gasteiger partial charge in [-0.15, -0.1) is 11.8 Å². The van der Waals surface area contributed by atoms with Gasteiger partial charge in [-0.05, 0) is 68.5 Å². The second kappa shape index (κ2) is 13.8. The molecule has 1 aliphatic rings. The number of hydrogen-bond acceptors (Lipinski definition) is 7. The van der Waals surface area contributed by atoms with Gasteiger partial charge in [0.25, 0.3) is 0 Å². The van der Waals surface area contributed by atoms with Gasteiger partial charge in [0.05, 0.1) is 30.2 Å². The Morgan fingerprint density at radius 3 is 2.26 bits per heavy atom. The molecule has 0 N–H and O–H groups in total. The van der Waals surface area contributed by atoms with Gasteiger partial charge in [0.2, 0.25) is 5.91 Å². The molecule has 1 saturated heterocycles. The first-order valence-corrected chi connectivity index (χ1v) is 15.5. The molecule has 0 spiro atoms. The Morgan fingerprint density at radius 1 is 1.07 bits per heavy atom. The summed E-state index contributed by atoms with van der Waals surface area (Å²) in [4.78, 5) is 42.7. The summed E-state index contributed by atoms with van der Waals surface area (Å²) in [5.41, 5.74) is 1.63.